The average Bonchev–Trinajstić information content (AvgIpc) is 3.09. The standard InChI is InChI=1S/C18H21FN2O2S/c19-13-6-4-11(5-7-13)14-8-15(14)20-17(22)16-9-24-10-21(16)18(23)12-2-1-3-12/h4-7,12,14-16H,1-3,8-10H2,(H,20,22)/t14-,15-,16+/m1/s1. The Morgan fingerprint density at radius 3 is 2.62 bits per heavy atom. The first-order valence-corrected chi connectivity index (χ1v) is 9.73. The minimum Gasteiger partial charge on any atom is -0.351 e. The van der Waals surface area contributed by atoms with Gasteiger partial charge in [-0.15, -0.1) is 11.8 Å². The summed E-state index contributed by atoms with van der Waals surface area (Å²) in [7, 11) is 0. The number of halogens is 1. The Morgan fingerprint density at radius 2 is 1.96 bits per heavy atom. The Balaban J connectivity index is 1.34. The molecule has 0 bridgehead atoms. The van der Waals surface area contributed by atoms with Crippen LogP contribution in [0.15, 0.2) is 24.3 Å². The summed E-state index contributed by atoms with van der Waals surface area (Å²) in [6.45, 7) is 0. The van der Waals surface area contributed by atoms with E-state index >= 15 is 0 Å². The Labute approximate surface area is 145 Å². The molecule has 2 aliphatic carbocycles. The van der Waals surface area contributed by atoms with Gasteiger partial charge in [0, 0.05) is 23.6 Å². The zero-order chi connectivity index (χ0) is 16.7. The van der Waals surface area contributed by atoms with E-state index in [1.165, 1.54) is 12.1 Å². The highest BCUT2D eigenvalue weighted by Gasteiger charge is 2.44. The number of hydrogen-bond acceptors (Lipinski definition) is 3. The van der Waals surface area contributed by atoms with Crippen LogP contribution in [0.3, 0.4) is 0 Å². The number of carbonyl (C=O) groups is 2. The first kappa shape index (κ1) is 15.9. The van der Waals surface area contributed by atoms with Gasteiger partial charge >= 0.3 is 0 Å². The van der Waals surface area contributed by atoms with Crippen LogP contribution >= 0.6 is 11.8 Å². The van der Waals surface area contributed by atoms with Crippen LogP contribution in [0.2, 0.25) is 0 Å². The van der Waals surface area contributed by atoms with Crippen molar-refractivity contribution in [1.82, 2.24) is 10.2 Å². The van der Waals surface area contributed by atoms with Crippen LogP contribution in [0.4, 0.5) is 4.39 Å². The average molecular weight is 348 g/mol. The molecule has 6 heteroatoms. The molecule has 0 radical (unpaired) electrons. The molecule has 3 fully saturated rings. The minimum absolute atomic E-state index is 0.0396. The largest absolute Gasteiger partial charge is 0.351 e. The van der Waals surface area contributed by atoms with Crippen molar-refractivity contribution in [3.05, 3.63) is 35.6 Å². The summed E-state index contributed by atoms with van der Waals surface area (Å²) in [5.41, 5.74) is 1.06. The van der Waals surface area contributed by atoms with Crippen LogP contribution in [0.1, 0.15) is 37.2 Å². The molecule has 1 heterocycles. The summed E-state index contributed by atoms with van der Waals surface area (Å²) in [4.78, 5) is 26.8. The maximum Gasteiger partial charge on any atom is 0.243 e. The van der Waals surface area contributed by atoms with Crippen LogP contribution in [-0.4, -0.2) is 40.4 Å². The van der Waals surface area contributed by atoms with Gasteiger partial charge in [0.05, 0.1) is 5.88 Å². The minimum atomic E-state index is -0.336. The highest BCUT2D eigenvalue weighted by atomic mass is 32.2. The van der Waals surface area contributed by atoms with Gasteiger partial charge in [0.15, 0.2) is 0 Å². The monoisotopic (exact) mass is 348 g/mol. The van der Waals surface area contributed by atoms with Gasteiger partial charge < -0.3 is 10.2 Å². The molecule has 3 atom stereocenters. The predicted molar refractivity (Wildman–Crippen MR) is 91.0 cm³/mol. The number of nitrogens with one attached hydrogen (secondary N) is 1. The molecule has 0 spiro atoms. The Kier molecular flexibility index (Phi) is 4.24. The third-order valence-corrected chi connectivity index (χ3v) is 6.35. The number of amides is 2. The quantitative estimate of drug-likeness (QED) is 0.910. The lowest BCUT2D eigenvalue weighted by Crippen LogP contribution is -2.50. The molecule has 4 rings (SSSR count). The first-order chi connectivity index (χ1) is 11.6. The second-order valence-corrected chi connectivity index (χ2v) is 7.96. The normalized spacial score (nSPS) is 29.2. The van der Waals surface area contributed by atoms with Crippen LogP contribution < -0.4 is 5.32 Å². The first-order valence-electron chi connectivity index (χ1n) is 8.57. The van der Waals surface area contributed by atoms with Crippen molar-refractivity contribution < 1.29 is 14.0 Å². The SMILES string of the molecule is O=C(N[C@@H]1C[C@@H]1c1ccc(F)cc1)[C@@H]1CSCN1C(=O)C1CCC1. The maximum atomic E-state index is 13.0. The summed E-state index contributed by atoms with van der Waals surface area (Å²) in [5, 5.41) is 3.08. The Morgan fingerprint density at radius 1 is 1.21 bits per heavy atom. The molecular formula is C18H21FN2O2S. The number of thioether (sulfide) groups is 1. The summed E-state index contributed by atoms with van der Waals surface area (Å²) < 4.78 is 13.0. The van der Waals surface area contributed by atoms with Gasteiger partial charge in [0.1, 0.15) is 11.9 Å². The molecular weight excluding hydrogens is 327 g/mol. The van der Waals surface area contributed by atoms with E-state index in [-0.39, 0.29) is 41.6 Å². The van der Waals surface area contributed by atoms with E-state index in [0.29, 0.717) is 11.6 Å². The maximum absolute atomic E-state index is 13.0. The van der Waals surface area contributed by atoms with Crippen LogP contribution in [-0.2, 0) is 9.59 Å². The second-order valence-electron chi connectivity index (χ2n) is 6.96. The van der Waals surface area contributed by atoms with E-state index < -0.39 is 0 Å². The fourth-order valence-electron chi connectivity index (χ4n) is 3.48. The number of carbonyl (C=O) groups excluding carboxylic acids is 2. The third kappa shape index (κ3) is 3.04. The molecule has 1 aromatic rings. The lowest BCUT2D eigenvalue weighted by Gasteiger charge is -2.31. The van der Waals surface area contributed by atoms with Crippen molar-refractivity contribution >= 4 is 23.6 Å². The van der Waals surface area contributed by atoms with E-state index in [2.05, 4.69) is 5.32 Å². The fourth-order valence-corrected chi connectivity index (χ4v) is 4.64. The van der Waals surface area contributed by atoms with Gasteiger partial charge in [-0.3, -0.25) is 9.59 Å². The Bertz CT molecular complexity index is 647. The molecule has 2 amide bonds. The highest BCUT2D eigenvalue weighted by molar-refractivity contribution is 7.99. The van der Waals surface area contributed by atoms with Crippen molar-refractivity contribution in [2.75, 3.05) is 11.6 Å². The molecule has 128 valence electrons. The van der Waals surface area contributed by atoms with E-state index in [4.69, 9.17) is 0 Å². The summed E-state index contributed by atoms with van der Waals surface area (Å²) in [6, 6.07) is 6.25. The van der Waals surface area contributed by atoms with Crippen molar-refractivity contribution in [2.45, 2.75) is 43.7 Å². The topological polar surface area (TPSA) is 49.4 Å². The van der Waals surface area contributed by atoms with Crippen molar-refractivity contribution in [3.8, 4) is 0 Å². The van der Waals surface area contributed by atoms with Gasteiger partial charge in [-0.25, -0.2) is 4.39 Å². The number of rotatable bonds is 4. The molecule has 0 aromatic heterocycles. The second kappa shape index (κ2) is 6.39. The zero-order valence-corrected chi connectivity index (χ0v) is 14.2. The lowest BCUT2D eigenvalue weighted by molar-refractivity contribution is -0.143. The van der Waals surface area contributed by atoms with Crippen molar-refractivity contribution in [2.24, 2.45) is 5.92 Å². The number of benzene rings is 1. The molecule has 2 saturated carbocycles. The fraction of sp³-hybridized carbons (Fsp3) is 0.556. The number of hydrogen-bond donors (Lipinski definition) is 1. The van der Waals surface area contributed by atoms with E-state index in [9.17, 15) is 14.0 Å². The molecule has 1 N–H and O–H groups in total. The van der Waals surface area contributed by atoms with Gasteiger partial charge in [-0.2, -0.15) is 0 Å². The predicted octanol–water partition coefficient (Wildman–Crippen LogP) is 2.50. The molecule has 1 aliphatic heterocycles. The smallest absolute Gasteiger partial charge is 0.243 e. The van der Waals surface area contributed by atoms with E-state index in [0.717, 1.165) is 31.2 Å². The van der Waals surface area contributed by atoms with Crippen molar-refractivity contribution in [3.63, 3.8) is 0 Å². The lowest BCUT2D eigenvalue weighted by atomic mass is 9.84. The van der Waals surface area contributed by atoms with E-state index in [1.54, 1.807) is 28.8 Å². The summed E-state index contributed by atoms with van der Waals surface area (Å²) in [6.07, 6.45) is 3.93. The molecule has 4 nitrogen and oxygen atoms in total. The van der Waals surface area contributed by atoms with Crippen LogP contribution in [0, 0.1) is 11.7 Å². The van der Waals surface area contributed by atoms with Gasteiger partial charge in [0.2, 0.25) is 11.8 Å². The van der Waals surface area contributed by atoms with E-state index in [1.807, 2.05) is 0 Å². The molecule has 1 saturated heterocycles. The molecule has 24 heavy (non-hydrogen) atoms. The van der Waals surface area contributed by atoms with Gasteiger partial charge in [-0.1, -0.05) is 18.6 Å². The van der Waals surface area contributed by atoms with Crippen LogP contribution in [0.5, 0.6) is 0 Å². The summed E-state index contributed by atoms with van der Waals surface area (Å²) in [5.74, 6) is 1.57. The van der Waals surface area contributed by atoms with Crippen molar-refractivity contribution in [1.29, 1.82) is 0 Å². The van der Waals surface area contributed by atoms with Gasteiger partial charge in [-0.05, 0) is 37.0 Å². The third-order valence-electron chi connectivity index (χ3n) is 5.34. The molecule has 0 unspecified atom stereocenters. The Hall–Kier alpha value is -1.56. The molecule has 1 aromatic carbocycles. The molecule has 3 aliphatic rings. The van der Waals surface area contributed by atoms with Crippen LogP contribution in [0.25, 0.3) is 0 Å². The number of nitrogens with zero attached hydrogens (tertiary/aromatic N) is 1. The summed E-state index contributed by atoms with van der Waals surface area (Å²) >= 11 is 1.65. The van der Waals surface area contributed by atoms with Gasteiger partial charge in [0.25, 0.3) is 0 Å². The highest BCUT2D eigenvalue weighted by Crippen LogP contribution is 2.41. The zero-order valence-electron chi connectivity index (χ0n) is 13.4.